The summed E-state index contributed by atoms with van der Waals surface area (Å²) >= 11 is 0. The highest BCUT2D eigenvalue weighted by Gasteiger charge is 2.09. The van der Waals surface area contributed by atoms with Crippen molar-refractivity contribution in [2.75, 3.05) is 11.1 Å². The Morgan fingerprint density at radius 2 is 2.05 bits per heavy atom. The molecular weight excluding hydrogens is 250 g/mol. The van der Waals surface area contributed by atoms with Crippen LogP contribution in [0.15, 0.2) is 42.5 Å². The second-order valence-electron chi connectivity index (χ2n) is 4.58. The van der Waals surface area contributed by atoms with Crippen molar-refractivity contribution in [2.45, 2.75) is 13.3 Å². The van der Waals surface area contributed by atoms with Gasteiger partial charge in [-0.25, -0.2) is 0 Å². The number of rotatable bonds is 3. The number of hydrogen-bond donors (Lipinski definition) is 2. The second kappa shape index (κ2) is 5.89. The molecule has 4 nitrogen and oxygen atoms in total. The maximum atomic E-state index is 12.0. The number of anilines is 2. The summed E-state index contributed by atoms with van der Waals surface area (Å²) in [5.41, 5.74) is 9.03. The van der Waals surface area contributed by atoms with Gasteiger partial charge in [0, 0.05) is 5.69 Å². The number of nitrogens with two attached hydrogens (primary N) is 1. The lowest BCUT2D eigenvalue weighted by atomic mass is 10.1. The van der Waals surface area contributed by atoms with Crippen molar-refractivity contribution in [1.82, 2.24) is 0 Å². The molecule has 0 atom stereocenters. The fraction of sp³-hybridized carbons (Fsp3) is 0.125. The van der Waals surface area contributed by atoms with Crippen molar-refractivity contribution in [3.8, 4) is 6.07 Å². The number of carbonyl (C=O) groups excluding carboxylic acids is 1. The lowest BCUT2D eigenvalue weighted by molar-refractivity contribution is -0.115. The molecule has 0 unspecified atom stereocenters. The molecular formula is C16H15N3O. The van der Waals surface area contributed by atoms with Gasteiger partial charge in [-0.1, -0.05) is 24.3 Å². The van der Waals surface area contributed by atoms with Gasteiger partial charge in [-0.05, 0) is 36.2 Å². The monoisotopic (exact) mass is 265 g/mol. The fourth-order valence-electron chi connectivity index (χ4n) is 2.00. The highest BCUT2D eigenvalue weighted by Crippen LogP contribution is 2.18. The first-order valence-electron chi connectivity index (χ1n) is 6.24. The highest BCUT2D eigenvalue weighted by atomic mass is 16.1. The Morgan fingerprint density at radius 3 is 2.75 bits per heavy atom. The predicted molar refractivity (Wildman–Crippen MR) is 79.1 cm³/mol. The van der Waals surface area contributed by atoms with E-state index in [-0.39, 0.29) is 12.3 Å². The minimum Gasteiger partial charge on any atom is -0.399 e. The molecule has 1 amide bonds. The molecule has 0 saturated heterocycles. The Hall–Kier alpha value is -2.80. The number of aryl methyl sites for hydroxylation is 1. The van der Waals surface area contributed by atoms with E-state index in [4.69, 9.17) is 11.0 Å². The molecule has 0 heterocycles. The predicted octanol–water partition coefficient (Wildman–Crippen LogP) is 2.63. The Bertz CT molecular complexity index is 686. The maximum Gasteiger partial charge on any atom is 0.228 e. The van der Waals surface area contributed by atoms with E-state index < -0.39 is 0 Å². The van der Waals surface area contributed by atoms with Crippen LogP contribution < -0.4 is 11.1 Å². The van der Waals surface area contributed by atoms with Crippen molar-refractivity contribution in [3.05, 3.63) is 59.2 Å². The smallest absolute Gasteiger partial charge is 0.228 e. The molecule has 2 aromatic rings. The average Bonchev–Trinajstić information content (AvgIpc) is 2.38. The Kier molecular flexibility index (Phi) is 4.02. The van der Waals surface area contributed by atoms with Crippen molar-refractivity contribution >= 4 is 17.3 Å². The third kappa shape index (κ3) is 3.15. The summed E-state index contributed by atoms with van der Waals surface area (Å²) in [4.78, 5) is 12.0. The standard InChI is InChI=1S/C16H15N3O/c1-11-4-2-7-15(14(11)10-17)19-16(20)9-12-5-3-6-13(18)8-12/h2-8H,9,18H2,1H3,(H,19,20). The third-order valence-electron chi connectivity index (χ3n) is 2.97. The second-order valence-corrected chi connectivity index (χ2v) is 4.58. The van der Waals surface area contributed by atoms with E-state index in [0.29, 0.717) is 16.9 Å². The molecule has 0 spiro atoms. The molecule has 3 N–H and O–H groups in total. The SMILES string of the molecule is Cc1cccc(NC(=O)Cc2cccc(N)c2)c1C#N. The first kappa shape index (κ1) is 13.6. The summed E-state index contributed by atoms with van der Waals surface area (Å²) in [6, 6.07) is 14.7. The number of nitrogens with one attached hydrogen (secondary N) is 1. The van der Waals surface area contributed by atoms with Crippen molar-refractivity contribution in [3.63, 3.8) is 0 Å². The minimum atomic E-state index is -0.169. The molecule has 0 fully saturated rings. The van der Waals surface area contributed by atoms with Crippen LogP contribution in [0, 0.1) is 18.3 Å². The van der Waals surface area contributed by atoms with Gasteiger partial charge in [-0.3, -0.25) is 4.79 Å². The summed E-state index contributed by atoms with van der Waals surface area (Å²) in [5.74, 6) is -0.169. The topological polar surface area (TPSA) is 78.9 Å². The van der Waals surface area contributed by atoms with Gasteiger partial charge < -0.3 is 11.1 Å². The van der Waals surface area contributed by atoms with Gasteiger partial charge in [0.25, 0.3) is 0 Å². The minimum absolute atomic E-state index is 0.169. The summed E-state index contributed by atoms with van der Waals surface area (Å²) < 4.78 is 0. The van der Waals surface area contributed by atoms with E-state index >= 15 is 0 Å². The number of nitrogens with zero attached hydrogens (tertiary/aromatic N) is 1. The molecule has 2 rings (SSSR count). The number of nitrogen functional groups attached to an aromatic ring is 1. The average molecular weight is 265 g/mol. The largest absolute Gasteiger partial charge is 0.399 e. The van der Waals surface area contributed by atoms with Crippen LogP contribution in [0.1, 0.15) is 16.7 Å². The zero-order chi connectivity index (χ0) is 14.5. The molecule has 0 aromatic heterocycles. The fourth-order valence-corrected chi connectivity index (χ4v) is 2.00. The van der Waals surface area contributed by atoms with Crippen LogP contribution in [0.2, 0.25) is 0 Å². The molecule has 2 aromatic carbocycles. The summed E-state index contributed by atoms with van der Waals surface area (Å²) in [6.45, 7) is 1.84. The number of benzene rings is 2. The first-order valence-corrected chi connectivity index (χ1v) is 6.24. The van der Waals surface area contributed by atoms with E-state index in [1.807, 2.05) is 31.2 Å². The Balaban J connectivity index is 2.13. The molecule has 0 saturated carbocycles. The normalized spacial score (nSPS) is 9.80. The van der Waals surface area contributed by atoms with Gasteiger partial charge in [-0.2, -0.15) is 5.26 Å². The van der Waals surface area contributed by atoms with E-state index in [0.717, 1.165) is 11.1 Å². The van der Waals surface area contributed by atoms with Gasteiger partial charge in [-0.15, -0.1) is 0 Å². The number of amides is 1. The molecule has 0 bridgehead atoms. The molecule has 0 radical (unpaired) electrons. The summed E-state index contributed by atoms with van der Waals surface area (Å²) in [5, 5.41) is 11.9. The maximum absolute atomic E-state index is 12.0. The molecule has 4 heteroatoms. The number of carbonyl (C=O) groups is 1. The zero-order valence-corrected chi connectivity index (χ0v) is 11.2. The first-order chi connectivity index (χ1) is 9.60. The van der Waals surface area contributed by atoms with E-state index in [1.165, 1.54) is 0 Å². The van der Waals surface area contributed by atoms with Gasteiger partial charge in [0.1, 0.15) is 6.07 Å². The van der Waals surface area contributed by atoms with Gasteiger partial charge in [0.2, 0.25) is 5.91 Å². The summed E-state index contributed by atoms with van der Waals surface area (Å²) in [6.07, 6.45) is 0.226. The van der Waals surface area contributed by atoms with Crippen LogP contribution in [0.3, 0.4) is 0 Å². The van der Waals surface area contributed by atoms with Crippen molar-refractivity contribution < 1.29 is 4.79 Å². The quantitative estimate of drug-likeness (QED) is 0.837. The molecule has 0 aliphatic rings. The molecule has 0 aliphatic heterocycles. The summed E-state index contributed by atoms with van der Waals surface area (Å²) in [7, 11) is 0. The zero-order valence-electron chi connectivity index (χ0n) is 11.2. The van der Waals surface area contributed by atoms with Crippen LogP contribution in [-0.2, 0) is 11.2 Å². The van der Waals surface area contributed by atoms with Crippen molar-refractivity contribution in [2.24, 2.45) is 0 Å². The molecule has 20 heavy (non-hydrogen) atoms. The Morgan fingerprint density at radius 1 is 1.30 bits per heavy atom. The van der Waals surface area contributed by atoms with E-state index in [2.05, 4.69) is 11.4 Å². The van der Waals surface area contributed by atoms with Crippen LogP contribution in [0.4, 0.5) is 11.4 Å². The van der Waals surface area contributed by atoms with E-state index in [1.54, 1.807) is 18.2 Å². The van der Waals surface area contributed by atoms with Crippen LogP contribution in [-0.4, -0.2) is 5.91 Å². The molecule has 0 aliphatic carbocycles. The van der Waals surface area contributed by atoms with Gasteiger partial charge in [0.05, 0.1) is 17.7 Å². The Labute approximate surface area is 117 Å². The lowest BCUT2D eigenvalue weighted by Gasteiger charge is -2.09. The van der Waals surface area contributed by atoms with Crippen LogP contribution >= 0.6 is 0 Å². The lowest BCUT2D eigenvalue weighted by Crippen LogP contribution is -2.15. The van der Waals surface area contributed by atoms with Gasteiger partial charge >= 0.3 is 0 Å². The highest BCUT2D eigenvalue weighted by molar-refractivity contribution is 5.93. The van der Waals surface area contributed by atoms with Gasteiger partial charge in [0.15, 0.2) is 0 Å². The third-order valence-corrected chi connectivity index (χ3v) is 2.97. The molecule has 100 valence electrons. The van der Waals surface area contributed by atoms with Crippen molar-refractivity contribution in [1.29, 1.82) is 5.26 Å². The number of hydrogen-bond acceptors (Lipinski definition) is 3. The van der Waals surface area contributed by atoms with E-state index in [9.17, 15) is 4.79 Å². The van der Waals surface area contributed by atoms with Crippen LogP contribution in [0.5, 0.6) is 0 Å². The van der Waals surface area contributed by atoms with Crippen LogP contribution in [0.25, 0.3) is 0 Å². The number of nitriles is 1.